The zero-order chi connectivity index (χ0) is 15.4. The zero-order valence-electron chi connectivity index (χ0n) is 12.5. The fourth-order valence-electron chi connectivity index (χ4n) is 2.22. The minimum absolute atomic E-state index is 0.329. The number of rotatable bonds is 5. The van der Waals surface area contributed by atoms with Crippen LogP contribution in [-0.2, 0) is 6.54 Å². The van der Waals surface area contributed by atoms with Crippen LogP contribution in [0.2, 0.25) is 5.02 Å². The van der Waals surface area contributed by atoms with Gasteiger partial charge in [-0.1, -0.05) is 45.7 Å². The third-order valence-corrected chi connectivity index (χ3v) is 4.60. The molecule has 0 aliphatic carbocycles. The smallest absolute Gasteiger partial charge is 0.0426 e. The Balaban J connectivity index is 2.14. The molecule has 0 aromatic heterocycles. The summed E-state index contributed by atoms with van der Waals surface area (Å²) in [6, 6.07) is 14.8. The maximum Gasteiger partial charge on any atom is 0.0426 e. The van der Waals surface area contributed by atoms with Crippen LogP contribution >= 0.6 is 27.5 Å². The molecule has 0 aliphatic heterocycles. The van der Waals surface area contributed by atoms with Crippen molar-refractivity contribution >= 4 is 33.2 Å². The molecule has 4 heteroatoms. The van der Waals surface area contributed by atoms with Gasteiger partial charge in [-0.3, -0.25) is 0 Å². The summed E-state index contributed by atoms with van der Waals surface area (Å²) in [5.41, 5.74) is 3.69. The highest BCUT2D eigenvalue weighted by Gasteiger charge is 2.10. The van der Waals surface area contributed by atoms with E-state index in [1.54, 1.807) is 0 Å². The second-order valence-corrected chi connectivity index (χ2v) is 6.49. The minimum Gasteiger partial charge on any atom is -0.370 e. The van der Waals surface area contributed by atoms with Crippen molar-refractivity contribution in [2.45, 2.75) is 19.5 Å². The summed E-state index contributed by atoms with van der Waals surface area (Å²) in [4.78, 5) is 2.22. The SMILES string of the molecule is CNC(C)c1ccc(N(C)Cc2ccc(Cl)cc2)cc1Br. The van der Waals surface area contributed by atoms with Crippen molar-refractivity contribution in [2.75, 3.05) is 19.0 Å². The lowest BCUT2D eigenvalue weighted by atomic mass is 10.1. The van der Waals surface area contributed by atoms with Crippen LogP contribution in [0.25, 0.3) is 0 Å². The fraction of sp³-hybridized carbons (Fsp3) is 0.294. The quantitative estimate of drug-likeness (QED) is 0.798. The number of nitrogens with zero attached hydrogens (tertiary/aromatic N) is 1. The topological polar surface area (TPSA) is 15.3 Å². The average molecular weight is 368 g/mol. The molecule has 0 amide bonds. The highest BCUT2D eigenvalue weighted by Crippen LogP contribution is 2.28. The number of anilines is 1. The molecule has 1 unspecified atom stereocenters. The van der Waals surface area contributed by atoms with Crippen LogP contribution < -0.4 is 10.2 Å². The summed E-state index contributed by atoms with van der Waals surface area (Å²) < 4.78 is 1.13. The molecule has 2 nitrogen and oxygen atoms in total. The molecule has 0 aliphatic rings. The van der Waals surface area contributed by atoms with Crippen LogP contribution in [0, 0.1) is 0 Å². The van der Waals surface area contributed by atoms with Crippen molar-refractivity contribution in [2.24, 2.45) is 0 Å². The fourth-order valence-corrected chi connectivity index (χ4v) is 3.05. The van der Waals surface area contributed by atoms with Gasteiger partial charge in [0.15, 0.2) is 0 Å². The van der Waals surface area contributed by atoms with Crippen LogP contribution in [0.1, 0.15) is 24.1 Å². The second-order valence-electron chi connectivity index (χ2n) is 5.20. The number of halogens is 2. The molecule has 0 spiro atoms. The van der Waals surface area contributed by atoms with Gasteiger partial charge in [-0.25, -0.2) is 0 Å². The summed E-state index contributed by atoms with van der Waals surface area (Å²) >= 11 is 9.59. The van der Waals surface area contributed by atoms with Crippen molar-refractivity contribution in [3.05, 3.63) is 63.1 Å². The summed E-state index contributed by atoms with van der Waals surface area (Å²) in [6.45, 7) is 3.00. The normalized spacial score (nSPS) is 12.2. The van der Waals surface area contributed by atoms with Gasteiger partial charge in [0.1, 0.15) is 0 Å². The molecule has 1 atom stereocenters. The van der Waals surface area contributed by atoms with Crippen LogP contribution in [0.4, 0.5) is 5.69 Å². The molecule has 0 bridgehead atoms. The molecule has 2 aromatic carbocycles. The summed E-state index contributed by atoms with van der Waals surface area (Å²) in [5.74, 6) is 0. The van der Waals surface area contributed by atoms with Crippen molar-refractivity contribution in [3.8, 4) is 0 Å². The Bertz CT molecular complexity index is 598. The van der Waals surface area contributed by atoms with Crippen LogP contribution in [0.15, 0.2) is 46.9 Å². The number of hydrogen-bond donors (Lipinski definition) is 1. The Kier molecular flexibility index (Phi) is 5.68. The number of hydrogen-bond acceptors (Lipinski definition) is 2. The van der Waals surface area contributed by atoms with Gasteiger partial charge < -0.3 is 10.2 Å². The number of benzene rings is 2. The lowest BCUT2D eigenvalue weighted by Gasteiger charge is -2.21. The average Bonchev–Trinajstić information content (AvgIpc) is 2.48. The van der Waals surface area contributed by atoms with Gasteiger partial charge in [0.05, 0.1) is 0 Å². The van der Waals surface area contributed by atoms with E-state index in [1.807, 2.05) is 19.2 Å². The third-order valence-electron chi connectivity index (χ3n) is 3.66. The van der Waals surface area contributed by atoms with Gasteiger partial charge in [-0.2, -0.15) is 0 Å². The molecule has 2 aromatic rings. The molecule has 0 heterocycles. The van der Waals surface area contributed by atoms with E-state index >= 15 is 0 Å². The van der Waals surface area contributed by atoms with Crippen molar-refractivity contribution in [1.82, 2.24) is 5.32 Å². The monoisotopic (exact) mass is 366 g/mol. The molecule has 1 N–H and O–H groups in total. The van der Waals surface area contributed by atoms with Crippen LogP contribution in [-0.4, -0.2) is 14.1 Å². The maximum atomic E-state index is 5.92. The van der Waals surface area contributed by atoms with Gasteiger partial charge >= 0.3 is 0 Å². The van der Waals surface area contributed by atoms with E-state index in [0.29, 0.717) is 6.04 Å². The van der Waals surface area contributed by atoms with Gasteiger partial charge in [0.25, 0.3) is 0 Å². The minimum atomic E-state index is 0.329. The largest absolute Gasteiger partial charge is 0.370 e. The molecule has 0 fully saturated rings. The van der Waals surface area contributed by atoms with E-state index in [9.17, 15) is 0 Å². The molecular weight excluding hydrogens is 348 g/mol. The first kappa shape index (κ1) is 16.3. The van der Waals surface area contributed by atoms with Gasteiger partial charge in [-0.05, 0) is 49.4 Å². The Hall–Kier alpha value is -1.03. The first-order chi connectivity index (χ1) is 10.0. The first-order valence-corrected chi connectivity index (χ1v) is 8.10. The van der Waals surface area contributed by atoms with E-state index in [4.69, 9.17) is 11.6 Å². The highest BCUT2D eigenvalue weighted by atomic mass is 79.9. The van der Waals surface area contributed by atoms with Crippen molar-refractivity contribution in [3.63, 3.8) is 0 Å². The Morgan fingerprint density at radius 3 is 2.43 bits per heavy atom. The molecule has 0 radical (unpaired) electrons. The van der Waals surface area contributed by atoms with Gasteiger partial charge in [-0.15, -0.1) is 0 Å². The van der Waals surface area contributed by atoms with E-state index in [-0.39, 0.29) is 0 Å². The summed E-state index contributed by atoms with van der Waals surface area (Å²) in [5, 5.41) is 4.03. The third kappa shape index (κ3) is 4.22. The number of nitrogens with one attached hydrogen (secondary N) is 1. The van der Waals surface area contributed by atoms with Crippen molar-refractivity contribution < 1.29 is 0 Å². The Labute approximate surface area is 140 Å². The predicted octanol–water partition coefficient (Wildman–Crippen LogP) is 5.02. The Morgan fingerprint density at radius 2 is 1.86 bits per heavy atom. The first-order valence-electron chi connectivity index (χ1n) is 6.93. The zero-order valence-corrected chi connectivity index (χ0v) is 14.9. The lowest BCUT2D eigenvalue weighted by Crippen LogP contribution is -2.17. The Morgan fingerprint density at radius 1 is 1.19 bits per heavy atom. The highest BCUT2D eigenvalue weighted by molar-refractivity contribution is 9.10. The molecule has 21 heavy (non-hydrogen) atoms. The molecule has 0 saturated carbocycles. The van der Waals surface area contributed by atoms with Crippen LogP contribution in [0.3, 0.4) is 0 Å². The van der Waals surface area contributed by atoms with E-state index < -0.39 is 0 Å². The molecular formula is C17H20BrClN2. The van der Waals surface area contributed by atoms with E-state index in [0.717, 1.165) is 16.0 Å². The summed E-state index contributed by atoms with van der Waals surface area (Å²) in [7, 11) is 4.06. The van der Waals surface area contributed by atoms with Gasteiger partial charge in [0.2, 0.25) is 0 Å². The molecule has 112 valence electrons. The van der Waals surface area contributed by atoms with Gasteiger partial charge in [0, 0.05) is 34.8 Å². The second kappa shape index (κ2) is 7.30. The van der Waals surface area contributed by atoms with Crippen molar-refractivity contribution in [1.29, 1.82) is 0 Å². The van der Waals surface area contributed by atoms with E-state index in [2.05, 4.69) is 70.4 Å². The summed E-state index contributed by atoms with van der Waals surface area (Å²) in [6.07, 6.45) is 0. The predicted molar refractivity (Wildman–Crippen MR) is 95.2 cm³/mol. The lowest BCUT2D eigenvalue weighted by molar-refractivity contribution is 0.649. The van der Waals surface area contributed by atoms with Crippen LogP contribution in [0.5, 0.6) is 0 Å². The van der Waals surface area contributed by atoms with E-state index in [1.165, 1.54) is 16.8 Å². The standard InChI is InChI=1S/C17H20BrClN2/c1-12(20-2)16-9-8-15(10-17(16)18)21(3)11-13-4-6-14(19)7-5-13/h4-10,12,20H,11H2,1-3H3. The molecule has 2 rings (SSSR count). The maximum absolute atomic E-state index is 5.92. The molecule has 0 saturated heterocycles.